The highest BCUT2D eigenvalue weighted by atomic mass is 16.3. The van der Waals surface area contributed by atoms with Crippen molar-refractivity contribution >= 4 is 11.8 Å². The molecule has 0 aromatic carbocycles. The van der Waals surface area contributed by atoms with Gasteiger partial charge in [-0.3, -0.25) is 14.5 Å². The molecule has 0 radical (unpaired) electrons. The third kappa shape index (κ3) is 4.52. The van der Waals surface area contributed by atoms with Gasteiger partial charge in [-0.15, -0.1) is 0 Å². The number of nitrogens with zero attached hydrogens (tertiary/aromatic N) is 1. The maximum Gasteiger partial charge on any atom is 0.234 e. The predicted molar refractivity (Wildman–Crippen MR) is 119 cm³/mol. The third-order valence-corrected chi connectivity index (χ3v) is 9.10. The van der Waals surface area contributed by atoms with Crippen molar-refractivity contribution in [1.82, 2.24) is 15.5 Å². The van der Waals surface area contributed by atoms with Crippen molar-refractivity contribution in [3.05, 3.63) is 0 Å². The molecule has 0 aromatic heterocycles. The van der Waals surface area contributed by atoms with Crippen LogP contribution in [0.25, 0.3) is 0 Å². The van der Waals surface area contributed by atoms with Gasteiger partial charge >= 0.3 is 0 Å². The van der Waals surface area contributed by atoms with Crippen molar-refractivity contribution in [3.63, 3.8) is 0 Å². The van der Waals surface area contributed by atoms with Gasteiger partial charge in [0, 0.05) is 24.0 Å². The summed E-state index contributed by atoms with van der Waals surface area (Å²) in [6, 6.07) is 0.832. The van der Waals surface area contributed by atoms with Crippen molar-refractivity contribution in [2.75, 3.05) is 13.2 Å². The Labute approximate surface area is 186 Å². The van der Waals surface area contributed by atoms with Crippen LogP contribution in [-0.4, -0.2) is 58.1 Å². The van der Waals surface area contributed by atoms with E-state index in [1.165, 1.54) is 38.5 Å². The average molecular weight is 432 g/mol. The molecule has 4 saturated carbocycles. The maximum absolute atomic E-state index is 13.1. The Bertz CT molecular complexity index is 672. The van der Waals surface area contributed by atoms with Gasteiger partial charge in [-0.1, -0.05) is 0 Å². The van der Waals surface area contributed by atoms with Crippen LogP contribution in [0.15, 0.2) is 0 Å². The van der Waals surface area contributed by atoms with E-state index in [2.05, 4.69) is 15.5 Å². The average Bonchev–Trinajstić information content (AvgIpc) is 2.88. The maximum atomic E-state index is 13.1. The Morgan fingerprint density at radius 3 is 2.00 bits per heavy atom. The molecule has 2 amide bonds. The van der Waals surface area contributed by atoms with Crippen LogP contribution in [0.3, 0.4) is 0 Å². The van der Waals surface area contributed by atoms with Crippen molar-refractivity contribution in [2.45, 2.75) is 108 Å². The lowest BCUT2D eigenvalue weighted by atomic mass is 9.53. The van der Waals surface area contributed by atoms with Gasteiger partial charge in [0.15, 0.2) is 0 Å². The lowest BCUT2D eigenvalue weighted by molar-refractivity contribution is -0.129. The number of piperidine rings is 1. The third-order valence-electron chi connectivity index (χ3n) is 9.10. The standard InChI is InChI=1S/C25H41N3O3/c1-24(2,15-29)26-23(31)14-28-20-3-4-21(28)9-16(8-20)10-22(30)27-25-11-17-5-18(12-25)7-19(6-17)13-25/h16-21,29H,3-15H2,1-2H3,(H,26,31)(H,27,30)/t16-,17?,18?,19?,20-,21+,25?. The summed E-state index contributed by atoms with van der Waals surface area (Å²) in [6.45, 7) is 4.03. The Morgan fingerprint density at radius 2 is 1.48 bits per heavy atom. The molecule has 2 heterocycles. The molecule has 6 fully saturated rings. The molecule has 2 aliphatic heterocycles. The van der Waals surface area contributed by atoms with Gasteiger partial charge in [0.1, 0.15) is 0 Å². The summed E-state index contributed by atoms with van der Waals surface area (Å²) in [7, 11) is 0. The van der Waals surface area contributed by atoms with Crippen LogP contribution in [0.5, 0.6) is 0 Å². The zero-order chi connectivity index (χ0) is 21.8. The number of nitrogens with one attached hydrogen (secondary N) is 2. The lowest BCUT2D eigenvalue weighted by Crippen LogP contribution is -2.60. The van der Waals surface area contributed by atoms with Crippen molar-refractivity contribution in [3.8, 4) is 0 Å². The summed E-state index contributed by atoms with van der Waals surface area (Å²) in [5.41, 5.74) is -0.465. The van der Waals surface area contributed by atoms with E-state index in [1.54, 1.807) is 0 Å². The molecule has 3 atom stereocenters. The van der Waals surface area contributed by atoms with Crippen molar-refractivity contribution < 1.29 is 14.7 Å². The van der Waals surface area contributed by atoms with E-state index in [4.69, 9.17) is 0 Å². The van der Waals surface area contributed by atoms with Gasteiger partial charge in [0.2, 0.25) is 11.8 Å². The molecule has 2 saturated heterocycles. The summed E-state index contributed by atoms with van der Waals surface area (Å²) in [5.74, 6) is 3.28. The fourth-order valence-electron chi connectivity index (χ4n) is 8.31. The Balaban J connectivity index is 1.13. The minimum Gasteiger partial charge on any atom is -0.394 e. The van der Waals surface area contributed by atoms with Gasteiger partial charge in [-0.2, -0.15) is 0 Å². The molecule has 3 N–H and O–H groups in total. The quantitative estimate of drug-likeness (QED) is 0.579. The highest BCUT2D eigenvalue weighted by Gasteiger charge is 2.51. The first kappa shape index (κ1) is 21.7. The number of carbonyl (C=O) groups excluding carboxylic acids is 2. The molecule has 0 spiro atoms. The topological polar surface area (TPSA) is 81.7 Å². The molecule has 0 aromatic rings. The second kappa shape index (κ2) is 8.02. The van der Waals surface area contributed by atoms with E-state index >= 15 is 0 Å². The molecule has 31 heavy (non-hydrogen) atoms. The van der Waals surface area contributed by atoms with Crippen LogP contribution in [0.2, 0.25) is 0 Å². The monoisotopic (exact) mass is 431 g/mol. The van der Waals surface area contributed by atoms with E-state index in [1.807, 2.05) is 13.8 Å². The van der Waals surface area contributed by atoms with Gasteiger partial charge in [-0.25, -0.2) is 0 Å². The van der Waals surface area contributed by atoms with Gasteiger partial charge < -0.3 is 15.7 Å². The number of carbonyl (C=O) groups is 2. The highest BCUT2D eigenvalue weighted by Crippen LogP contribution is 2.55. The molecule has 6 nitrogen and oxygen atoms in total. The summed E-state index contributed by atoms with van der Waals surface area (Å²) in [5, 5.41) is 15.9. The number of hydrogen-bond acceptors (Lipinski definition) is 4. The summed E-state index contributed by atoms with van der Waals surface area (Å²) in [6.07, 6.45) is 12.8. The zero-order valence-corrected chi connectivity index (χ0v) is 19.4. The van der Waals surface area contributed by atoms with Gasteiger partial charge in [0.25, 0.3) is 0 Å². The molecule has 6 heteroatoms. The summed E-state index contributed by atoms with van der Waals surface area (Å²) >= 11 is 0. The van der Waals surface area contributed by atoms with Gasteiger partial charge in [0.05, 0.1) is 18.7 Å². The first-order valence-corrected chi connectivity index (χ1v) is 12.7. The van der Waals surface area contributed by atoms with Crippen LogP contribution >= 0.6 is 0 Å². The number of amides is 2. The molecule has 6 bridgehead atoms. The normalized spacial score (nSPS) is 41.4. The summed E-state index contributed by atoms with van der Waals surface area (Å²) < 4.78 is 0. The number of fused-ring (bicyclic) bond motifs is 2. The minimum atomic E-state index is -0.580. The molecular weight excluding hydrogens is 390 g/mol. The van der Waals surface area contributed by atoms with E-state index < -0.39 is 5.54 Å². The fraction of sp³-hybridized carbons (Fsp3) is 0.920. The fourth-order valence-corrected chi connectivity index (χ4v) is 8.31. The largest absolute Gasteiger partial charge is 0.394 e. The molecule has 174 valence electrons. The Kier molecular flexibility index (Phi) is 5.61. The first-order chi connectivity index (χ1) is 14.7. The second-order valence-corrected chi connectivity index (χ2v) is 12.4. The smallest absolute Gasteiger partial charge is 0.234 e. The molecule has 6 aliphatic rings. The molecule has 4 aliphatic carbocycles. The van der Waals surface area contributed by atoms with Gasteiger partial charge in [-0.05, 0) is 102 Å². The van der Waals surface area contributed by atoms with E-state index in [0.29, 0.717) is 31.0 Å². The number of hydrogen-bond donors (Lipinski definition) is 3. The Hall–Kier alpha value is -1.14. The van der Waals surface area contributed by atoms with Crippen LogP contribution in [0.4, 0.5) is 0 Å². The summed E-state index contributed by atoms with van der Waals surface area (Å²) in [4.78, 5) is 27.9. The first-order valence-electron chi connectivity index (χ1n) is 12.7. The van der Waals surface area contributed by atoms with Crippen molar-refractivity contribution in [2.24, 2.45) is 23.7 Å². The van der Waals surface area contributed by atoms with Crippen LogP contribution in [0, 0.1) is 23.7 Å². The highest BCUT2D eigenvalue weighted by molar-refractivity contribution is 5.79. The number of rotatable bonds is 7. The molecule has 0 unspecified atom stereocenters. The number of aliphatic hydroxyl groups is 1. The van der Waals surface area contributed by atoms with Crippen molar-refractivity contribution in [1.29, 1.82) is 0 Å². The minimum absolute atomic E-state index is 0.00559. The van der Waals surface area contributed by atoms with E-state index in [-0.39, 0.29) is 24.0 Å². The lowest BCUT2D eigenvalue weighted by Gasteiger charge is -2.57. The van der Waals surface area contributed by atoms with Crippen LogP contribution in [0.1, 0.15) is 84.5 Å². The van der Waals surface area contributed by atoms with E-state index in [9.17, 15) is 14.7 Å². The van der Waals surface area contributed by atoms with Crippen LogP contribution < -0.4 is 10.6 Å². The van der Waals surface area contributed by atoms with E-state index in [0.717, 1.165) is 43.4 Å². The Morgan fingerprint density at radius 1 is 0.935 bits per heavy atom. The second-order valence-electron chi connectivity index (χ2n) is 12.4. The molecule has 6 rings (SSSR count). The number of aliphatic hydroxyl groups excluding tert-OH is 1. The zero-order valence-electron chi connectivity index (χ0n) is 19.4. The SMILES string of the molecule is CC(C)(CO)NC(=O)CN1[C@@H]2CC[C@H]1C[C@H](CC(=O)NC13CC4CC(CC(C4)C1)C3)C2. The van der Waals surface area contributed by atoms with Crippen LogP contribution in [-0.2, 0) is 9.59 Å². The predicted octanol–water partition coefficient (Wildman–Crippen LogP) is 2.59. The molecular formula is C25H41N3O3.